The quantitative estimate of drug-likeness (QED) is 0.846. The molecular weight excluding hydrogens is 318 g/mol. The summed E-state index contributed by atoms with van der Waals surface area (Å²) < 4.78 is 2.06. The minimum atomic E-state index is -0.966. The largest absolute Gasteiger partial charge is 0.478 e. The van der Waals surface area contributed by atoms with Crippen LogP contribution in [-0.4, -0.2) is 26.8 Å². The number of nitrogens with one attached hydrogen (secondary N) is 1. The Labute approximate surface area is 146 Å². The van der Waals surface area contributed by atoms with E-state index in [1.165, 1.54) is 31.4 Å². The van der Waals surface area contributed by atoms with Gasteiger partial charge in [-0.1, -0.05) is 31.4 Å². The Morgan fingerprint density at radius 1 is 1.12 bits per heavy atom. The second-order valence-electron chi connectivity index (χ2n) is 6.51. The molecule has 6 nitrogen and oxygen atoms in total. The first-order chi connectivity index (χ1) is 12.1. The molecule has 1 heterocycles. The number of rotatable bonds is 6. The maximum Gasteiger partial charge on any atom is 0.335 e. The van der Waals surface area contributed by atoms with Gasteiger partial charge in [0.2, 0.25) is 5.91 Å². The molecule has 1 fully saturated rings. The van der Waals surface area contributed by atoms with E-state index in [4.69, 9.17) is 5.11 Å². The number of carbonyl (C=O) groups is 2. The summed E-state index contributed by atoms with van der Waals surface area (Å²) in [5.41, 5.74) is 2.05. The molecule has 1 aromatic heterocycles. The highest BCUT2D eigenvalue weighted by Crippen LogP contribution is 2.28. The highest BCUT2D eigenvalue weighted by atomic mass is 16.4. The lowest BCUT2D eigenvalue weighted by molar-refractivity contribution is -0.120. The fourth-order valence-electron chi connectivity index (χ4n) is 3.34. The molecule has 0 saturated heterocycles. The topological polar surface area (TPSA) is 84.2 Å². The normalized spacial score (nSPS) is 15.0. The number of carboxylic acids is 1. The molecule has 0 bridgehead atoms. The molecule has 0 spiro atoms. The third kappa shape index (κ3) is 4.47. The highest BCUT2D eigenvalue weighted by Gasteiger charge is 2.18. The summed E-state index contributed by atoms with van der Waals surface area (Å²) in [6.45, 7) is 0.461. The van der Waals surface area contributed by atoms with Gasteiger partial charge in [0, 0.05) is 6.20 Å². The van der Waals surface area contributed by atoms with E-state index in [0.29, 0.717) is 12.6 Å². The number of amides is 1. The molecule has 0 aliphatic heterocycles. The van der Waals surface area contributed by atoms with Crippen LogP contribution in [0.1, 0.15) is 59.8 Å². The molecule has 1 aliphatic rings. The molecule has 2 N–H and O–H groups in total. The molecule has 3 rings (SSSR count). The number of benzene rings is 1. The minimum absolute atomic E-state index is 0.0838. The van der Waals surface area contributed by atoms with Crippen molar-refractivity contribution in [2.24, 2.45) is 0 Å². The van der Waals surface area contributed by atoms with E-state index < -0.39 is 5.97 Å². The van der Waals surface area contributed by atoms with E-state index in [0.717, 1.165) is 24.1 Å². The molecule has 1 amide bonds. The summed E-state index contributed by atoms with van der Waals surface area (Å²) in [7, 11) is 0. The first-order valence-corrected chi connectivity index (χ1v) is 8.75. The van der Waals surface area contributed by atoms with Crippen LogP contribution in [0.4, 0.5) is 0 Å². The molecule has 132 valence electrons. The fraction of sp³-hybridized carbons (Fsp3) is 0.421. The molecule has 0 atom stereocenters. The van der Waals surface area contributed by atoms with Crippen molar-refractivity contribution in [3.63, 3.8) is 0 Å². The molecule has 25 heavy (non-hydrogen) atoms. The van der Waals surface area contributed by atoms with Gasteiger partial charge in [-0.3, -0.25) is 9.48 Å². The molecule has 1 saturated carbocycles. The number of aromatic nitrogens is 2. The van der Waals surface area contributed by atoms with Crippen LogP contribution >= 0.6 is 0 Å². The number of hydrogen-bond donors (Lipinski definition) is 2. The maximum atomic E-state index is 12.2. The number of carbonyl (C=O) groups excluding carboxylic acids is 1. The second-order valence-corrected chi connectivity index (χ2v) is 6.51. The van der Waals surface area contributed by atoms with Gasteiger partial charge in [0.05, 0.1) is 30.3 Å². The van der Waals surface area contributed by atoms with Crippen molar-refractivity contribution in [1.29, 1.82) is 0 Å². The molecule has 1 aromatic carbocycles. The van der Waals surface area contributed by atoms with Crippen LogP contribution in [-0.2, 0) is 17.8 Å². The van der Waals surface area contributed by atoms with Crippen molar-refractivity contribution in [3.05, 3.63) is 53.3 Å². The van der Waals surface area contributed by atoms with Crippen molar-refractivity contribution < 1.29 is 14.7 Å². The Morgan fingerprint density at radius 2 is 1.84 bits per heavy atom. The first kappa shape index (κ1) is 17.2. The van der Waals surface area contributed by atoms with Crippen LogP contribution in [0.2, 0.25) is 0 Å². The predicted octanol–water partition coefficient (Wildman–Crippen LogP) is 2.95. The molecule has 1 aliphatic carbocycles. The zero-order valence-corrected chi connectivity index (χ0v) is 14.1. The smallest absolute Gasteiger partial charge is 0.335 e. The van der Waals surface area contributed by atoms with E-state index in [-0.39, 0.29) is 17.9 Å². The van der Waals surface area contributed by atoms with Crippen molar-refractivity contribution in [2.45, 2.75) is 51.1 Å². The third-order valence-electron chi connectivity index (χ3n) is 4.71. The van der Waals surface area contributed by atoms with Crippen LogP contribution in [0.15, 0.2) is 36.5 Å². The van der Waals surface area contributed by atoms with E-state index in [2.05, 4.69) is 15.1 Å². The standard InChI is InChI=1S/C19H23N3O3/c23-18(12-14-6-8-15(9-7-14)19(24)25)20-13-17-10-11-21-22(17)16-4-2-1-3-5-16/h6-11,16H,1-5,12-13H2,(H,20,23)(H,24,25). The Bertz CT molecular complexity index is 731. The van der Waals surface area contributed by atoms with E-state index in [1.54, 1.807) is 18.3 Å². The van der Waals surface area contributed by atoms with Crippen molar-refractivity contribution in [2.75, 3.05) is 0 Å². The third-order valence-corrected chi connectivity index (χ3v) is 4.71. The Morgan fingerprint density at radius 3 is 2.52 bits per heavy atom. The van der Waals surface area contributed by atoms with Crippen LogP contribution in [0.3, 0.4) is 0 Å². The van der Waals surface area contributed by atoms with Crippen LogP contribution in [0.25, 0.3) is 0 Å². The Hall–Kier alpha value is -2.63. The maximum absolute atomic E-state index is 12.2. The average molecular weight is 341 g/mol. The summed E-state index contributed by atoms with van der Waals surface area (Å²) in [6, 6.07) is 8.78. The minimum Gasteiger partial charge on any atom is -0.478 e. The van der Waals surface area contributed by atoms with Crippen LogP contribution < -0.4 is 5.32 Å². The van der Waals surface area contributed by atoms with Gasteiger partial charge < -0.3 is 10.4 Å². The van der Waals surface area contributed by atoms with Gasteiger partial charge in [-0.05, 0) is 36.6 Å². The summed E-state index contributed by atoms with van der Waals surface area (Å²) in [5, 5.41) is 16.3. The van der Waals surface area contributed by atoms with Gasteiger partial charge >= 0.3 is 5.97 Å². The lowest BCUT2D eigenvalue weighted by Gasteiger charge is -2.24. The highest BCUT2D eigenvalue weighted by molar-refractivity contribution is 5.87. The van der Waals surface area contributed by atoms with Crippen molar-refractivity contribution in [3.8, 4) is 0 Å². The summed E-state index contributed by atoms with van der Waals surface area (Å²) in [6.07, 6.45) is 8.10. The zero-order valence-electron chi connectivity index (χ0n) is 14.1. The molecular formula is C19H23N3O3. The van der Waals surface area contributed by atoms with Gasteiger partial charge in [0.15, 0.2) is 0 Å². The van der Waals surface area contributed by atoms with E-state index in [9.17, 15) is 9.59 Å². The molecule has 0 unspecified atom stereocenters. The molecule has 0 radical (unpaired) electrons. The summed E-state index contributed by atoms with van der Waals surface area (Å²) in [4.78, 5) is 23.0. The number of hydrogen-bond acceptors (Lipinski definition) is 3. The summed E-state index contributed by atoms with van der Waals surface area (Å²) in [5.74, 6) is -1.05. The zero-order chi connectivity index (χ0) is 17.6. The van der Waals surface area contributed by atoms with E-state index in [1.807, 2.05) is 6.07 Å². The van der Waals surface area contributed by atoms with Gasteiger partial charge in [-0.2, -0.15) is 5.10 Å². The van der Waals surface area contributed by atoms with E-state index >= 15 is 0 Å². The van der Waals surface area contributed by atoms with Crippen LogP contribution in [0.5, 0.6) is 0 Å². The Balaban J connectivity index is 1.54. The monoisotopic (exact) mass is 341 g/mol. The van der Waals surface area contributed by atoms with Gasteiger partial charge in [0.1, 0.15) is 0 Å². The van der Waals surface area contributed by atoms with Crippen LogP contribution in [0, 0.1) is 0 Å². The number of nitrogens with zero attached hydrogens (tertiary/aromatic N) is 2. The first-order valence-electron chi connectivity index (χ1n) is 8.75. The number of carboxylic acid groups (broad SMARTS) is 1. The van der Waals surface area contributed by atoms with Gasteiger partial charge in [-0.15, -0.1) is 0 Å². The van der Waals surface area contributed by atoms with Gasteiger partial charge in [-0.25, -0.2) is 4.79 Å². The molecule has 6 heteroatoms. The lowest BCUT2D eigenvalue weighted by atomic mass is 9.95. The number of aromatic carboxylic acids is 1. The Kier molecular flexibility index (Phi) is 5.48. The summed E-state index contributed by atoms with van der Waals surface area (Å²) >= 11 is 0. The lowest BCUT2D eigenvalue weighted by Crippen LogP contribution is -2.27. The predicted molar refractivity (Wildman–Crippen MR) is 93.3 cm³/mol. The van der Waals surface area contributed by atoms with Crippen molar-refractivity contribution >= 4 is 11.9 Å². The second kappa shape index (κ2) is 7.96. The fourth-order valence-corrected chi connectivity index (χ4v) is 3.34. The van der Waals surface area contributed by atoms with Gasteiger partial charge in [0.25, 0.3) is 0 Å². The average Bonchev–Trinajstić information content (AvgIpc) is 3.10. The molecule has 2 aromatic rings. The van der Waals surface area contributed by atoms with Crippen molar-refractivity contribution in [1.82, 2.24) is 15.1 Å². The SMILES string of the molecule is O=C(Cc1ccc(C(=O)O)cc1)NCc1ccnn1C1CCCCC1.